The average molecular weight is 255 g/mol. The molecule has 0 spiro atoms. The fourth-order valence-corrected chi connectivity index (χ4v) is 5.96. The number of rotatable bonds is 2. The standard InChI is InChI=1S/C16H21NSi/c1-18(2,3)16-13-9-10-17-15(13)11-14(16)12-7-5-4-6-8-12/h4-8,14H,9-11H2,1-3H3. The Morgan fingerprint density at radius 3 is 2.50 bits per heavy atom. The van der Waals surface area contributed by atoms with Crippen LogP contribution in [0.2, 0.25) is 19.6 Å². The first-order chi connectivity index (χ1) is 8.57. The van der Waals surface area contributed by atoms with Crippen LogP contribution in [-0.2, 0) is 0 Å². The van der Waals surface area contributed by atoms with Crippen LogP contribution in [0.1, 0.15) is 24.3 Å². The van der Waals surface area contributed by atoms with Crippen LogP contribution in [0, 0.1) is 0 Å². The van der Waals surface area contributed by atoms with Gasteiger partial charge in [-0.3, -0.25) is 4.99 Å². The molecule has 1 unspecified atom stereocenters. The first-order valence-corrected chi connectivity index (χ1v) is 10.4. The van der Waals surface area contributed by atoms with Crippen LogP contribution in [0.15, 0.2) is 46.1 Å². The normalized spacial score (nSPS) is 23.3. The van der Waals surface area contributed by atoms with Gasteiger partial charge in [0, 0.05) is 18.2 Å². The third-order valence-corrected chi connectivity index (χ3v) is 6.36. The molecule has 0 fully saturated rings. The summed E-state index contributed by atoms with van der Waals surface area (Å²) in [5.74, 6) is 0.618. The number of fused-ring (bicyclic) bond motifs is 1. The number of allylic oxidation sites excluding steroid dienone is 1. The van der Waals surface area contributed by atoms with E-state index in [0.29, 0.717) is 5.92 Å². The van der Waals surface area contributed by atoms with E-state index in [0.717, 1.165) is 13.0 Å². The summed E-state index contributed by atoms with van der Waals surface area (Å²) in [7, 11) is -1.26. The van der Waals surface area contributed by atoms with Crippen molar-refractivity contribution in [1.82, 2.24) is 0 Å². The van der Waals surface area contributed by atoms with Crippen LogP contribution in [0.4, 0.5) is 0 Å². The lowest BCUT2D eigenvalue weighted by atomic mass is 9.98. The monoisotopic (exact) mass is 255 g/mol. The van der Waals surface area contributed by atoms with Gasteiger partial charge in [0.1, 0.15) is 0 Å². The molecule has 0 aromatic heterocycles. The molecular formula is C16H21NSi. The van der Waals surface area contributed by atoms with Gasteiger partial charge in [0.25, 0.3) is 0 Å². The van der Waals surface area contributed by atoms with Gasteiger partial charge in [-0.2, -0.15) is 0 Å². The topological polar surface area (TPSA) is 12.4 Å². The van der Waals surface area contributed by atoms with Gasteiger partial charge in [-0.25, -0.2) is 0 Å². The molecule has 2 aliphatic rings. The lowest BCUT2D eigenvalue weighted by Gasteiger charge is -2.26. The second kappa shape index (κ2) is 4.20. The molecule has 0 amide bonds. The van der Waals surface area contributed by atoms with Gasteiger partial charge >= 0.3 is 0 Å². The Bertz CT molecular complexity index is 520. The molecule has 0 N–H and O–H groups in total. The maximum atomic E-state index is 4.72. The Morgan fingerprint density at radius 2 is 1.83 bits per heavy atom. The molecule has 1 aromatic carbocycles. The van der Waals surface area contributed by atoms with Crippen LogP contribution in [0.25, 0.3) is 0 Å². The fraction of sp³-hybridized carbons (Fsp3) is 0.438. The zero-order valence-electron chi connectivity index (χ0n) is 11.5. The molecule has 94 valence electrons. The SMILES string of the molecule is C[Si](C)(C)C1=C2CCN=C2CC1c1ccccc1. The molecule has 1 aromatic rings. The van der Waals surface area contributed by atoms with Gasteiger partial charge < -0.3 is 0 Å². The highest BCUT2D eigenvalue weighted by molar-refractivity contribution is 6.84. The van der Waals surface area contributed by atoms with Crippen molar-refractivity contribution >= 4 is 13.8 Å². The van der Waals surface area contributed by atoms with Crippen LogP contribution in [0.3, 0.4) is 0 Å². The average Bonchev–Trinajstić information content (AvgIpc) is 2.87. The largest absolute Gasteiger partial charge is 0.289 e. The van der Waals surface area contributed by atoms with Crippen molar-refractivity contribution in [2.45, 2.75) is 38.4 Å². The molecule has 2 heteroatoms. The van der Waals surface area contributed by atoms with Gasteiger partial charge in [-0.1, -0.05) is 55.2 Å². The second-order valence-electron chi connectivity index (χ2n) is 6.39. The van der Waals surface area contributed by atoms with E-state index in [1.807, 2.05) is 0 Å². The van der Waals surface area contributed by atoms with Gasteiger partial charge in [-0.05, 0) is 24.0 Å². The summed E-state index contributed by atoms with van der Waals surface area (Å²) in [5, 5.41) is 1.77. The highest BCUT2D eigenvalue weighted by Gasteiger charge is 2.39. The number of aliphatic imine (C=N–C) groups is 1. The Morgan fingerprint density at radius 1 is 1.11 bits per heavy atom. The summed E-state index contributed by atoms with van der Waals surface area (Å²) < 4.78 is 0. The van der Waals surface area contributed by atoms with Crippen LogP contribution in [-0.4, -0.2) is 20.3 Å². The summed E-state index contributed by atoms with van der Waals surface area (Å²) in [6.45, 7) is 8.46. The summed E-state index contributed by atoms with van der Waals surface area (Å²) in [4.78, 5) is 4.72. The van der Waals surface area contributed by atoms with Crippen LogP contribution in [0.5, 0.6) is 0 Å². The number of hydrogen-bond donors (Lipinski definition) is 0. The molecule has 1 nitrogen and oxygen atoms in total. The summed E-state index contributed by atoms with van der Waals surface area (Å²) >= 11 is 0. The van der Waals surface area contributed by atoms with E-state index in [1.165, 1.54) is 17.7 Å². The molecule has 0 saturated heterocycles. The lowest BCUT2D eigenvalue weighted by Crippen LogP contribution is -2.27. The van der Waals surface area contributed by atoms with Gasteiger partial charge in [0.05, 0.1) is 8.07 Å². The summed E-state index contributed by atoms with van der Waals surface area (Å²) in [6, 6.07) is 11.0. The van der Waals surface area contributed by atoms with Gasteiger partial charge in [-0.15, -0.1) is 0 Å². The minimum absolute atomic E-state index is 0.618. The van der Waals surface area contributed by atoms with E-state index in [-0.39, 0.29) is 0 Å². The van der Waals surface area contributed by atoms with E-state index in [4.69, 9.17) is 4.99 Å². The van der Waals surface area contributed by atoms with Gasteiger partial charge in [0.15, 0.2) is 0 Å². The Hall–Kier alpha value is -1.15. The molecule has 18 heavy (non-hydrogen) atoms. The molecule has 1 heterocycles. The maximum absolute atomic E-state index is 4.72. The molecule has 3 rings (SSSR count). The molecule has 0 radical (unpaired) electrons. The first kappa shape index (κ1) is 11.9. The van der Waals surface area contributed by atoms with E-state index >= 15 is 0 Å². The number of benzene rings is 1. The Kier molecular flexibility index (Phi) is 2.78. The highest BCUT2D eigenvalue weighted by atomic mass is 28.3. The zero-order chi connectivity index (χ0) is 12.8. The minimum Gasteiger partial charge on any atom is -0.289 e. The van der Waals surface area contributed by atoms with E-state index in [2.05, 4.69) is 50.0 Å². The molecule has 1 atom stereocenters. The van der Waals surface area contributed by atoms with E-state index in [1.54, 1.807) is 10.8 Å². The molecule has 0 saturated carbocycles. The van der Waals surface area contributed by atoms with Crippen molar-refractivity contribution in [2.24, 2.45) is 4.99 Å². The zero-order valence-corrected chi connectivity index (χ0v) is 12.5. The molecule has 1 aliphatic heterocycles. The molecule has 1 aliphatic carbocycles. The lowest BCUT2D eigenvalue weighted by molar-refractivity contribution is 0.877. The third-order valence-electron chi connectivity index (χ3n) is 4.09. The van der Waals surface area contributed by atoms with Crippen molar-refractivity contribution in [2.75, 3.05) is 6.54 Å². The van der Waals surface area contributed by atoms with Crippen molar-refractivity contribution in [1.29, 1.82) is 0 Å². The van der Waals surface area contributed by atoms with Crippen LogP contribution < -0.4 is 0 Å². The second-order valence-corrected chi connectivity index (χ2v) is 11.4. The predicted octanol–water partition coefficient (Wildman–Crippen LogP) is 4.19. The summed E-state index contributed by atoms with van der Waals surface area (Å²) in [6.07, 6.45) is 2.34. The quantitative estimate of drug-likeness (QED) is 0.703. The summed E-state index contributed by atoms with van der Waals surface area (Å²) in [5.41, 5.74) is 4.53. The molecular weight excluding hydrogens is 234 g/mol. The van der Waals surface area contributed by atoms with Crippen molar-refractivity contribution in [3.8, 4) is 0 Å². The minimum atomic E-state index is -1.26. The van der Waals surface area contributed by atoms with E-state index < -0.39 is 8.07 Å². The van der Waals surface area contributed by atoms with Crippen molar-refractivity contribution in [3.63, 3.8) is 0 Å². The molecule has 0 bridgehead atoms. The van der Waals surface area contributed by atoms with Crippen molar-refractivity contribution in [3.05, 3.63) is 46.7 Å². The highest BCUT2D eigenvalue weighted by Crippen LogP contribution is 2.45. The Balaban J connectivity index is 2.08. The number of nitrogens with zero attached hydrogens (tertiary/aromatic N) is 1. The third kappa shape index (κ3) is 1.89. The maximum Gasteiger partial charge on any atom is 0.0737 e. The van der Waals surface area contributed by atoms with Crippen molar-refractivity contribution < 1.29 is 0 Å². The number of hydrogen-bond acceptors (Lipinski definition) is 1. The van der Waals surface area contributed by atoms with Gasteiger partial charge in [0.2, 0.25) is 0 Å². The fourth-order valence-electron chi connectivity index (χ4n) is 3.47. The predicted molar refractivity (Wildman–Crippen MR) is 81.1 cm³/mol. The first-order valence-electron chi connectivity index (χ1n) is 6.89. The van der Waals surface area contributed by atoms with E-state index in [9.17, 15) is 0 Å². The Labute approximate surface area is 111 Å². The smallest absolute Gasteiger partial charge is 0.0737 e. The van der Waals surface area contributed by atoms with Crippen LogP contribution >= 0.6 is 0 Å².